The maximum Gasteiger partial charge on any atom is 0.337 e. The number of H-pyrrole nitrogens is 1. The highest BCUT2D eigenvalue weighted by Gasteiger charge is 2.42. The first-order chi connectivity index (χ1) is 13.2. The van der Waals surface area contributed by atoms with Crippen molar-refractivity contribution in [3.63, 3.8) is 0 Å². The van der Waals surface area contributed by atoms with Crippen LogP contribution in [0.1, 0.15) is 37.1 Å². The predicted octanol–water partition coefficient (Wildman–Crippen LogP) is 3.82. The number of nitrogens with zero attached hydrogens (tertiary/aromatic N) is 1. The van der Waals surface area contributed by atoms with E-state index in [0.29, 0.717) is 17.5 Å². The molecule has 0 bridgehead atoms. The fraction of sp³-hybridized carbons (Fsp3) is 0.500. The van der Waals surface area contributed by atoms with Gasteiger partial charge in [-0.05, 0) is 36.3 Å². The van der Waals surface area contributed by atoms with Crippen LogP contribution in [0, 0.1) is 11.8 Å². The number of hydrogen-bond donors (Lipinski definition) is 1. The van der Waals surface area contributed by atoms with Gasteiger partial charge >= 0.3 is 5.97 Å². The minimum atomic E-state index is -0.276. The number of esters is 1. The molecule has 1 saturated heterocycles. The molecule has 3 heterocycles. The Morgan fingerprint density at radius 1 is 1.33 bits per heavy atom. The number of hydrogen-bond acceptors (Lipinski definition) is 4. The van der Waals surface area contributed by atoms with E-state index in [9.17, 15) is 4.79 Å². The summed E-state index contributed by atoms with van der Waals surface area (Å²) in [6, 6.07) is 8.85. The van der Waals surface area contributed by atoms with Crippen molar-refractivity contribution in [2.45, 2.75) is 32.2 Å². The van der Waals surface area contributed by atoms with E-state index >= 15 is 0 Å². The van der Waals surface area contributed by atoms with Gasteiger partial charge in [0.15, 0.2) is 0 Å². The van der Waals surface area contributed by atoms with Gasteiger partial charge in [-0.1, -0.05) is 31.5 Å². The number of piperidine rings is 1. The number of nitrogens with one attached hydrogen (secondary N) is 1. The van der Waals surface area contributed by atoms with Crippen LogP contribution in [-0.2, 0) is 20.7 Å². The highest BCUT2D eigenvalue weighted by atomic mass is 16.5. The van der Waals surface area contributed by atoms with Crippen LogP contribution in [-0.4, -0.2) is 43.2 Å². The lowest BCUT2D eigenvalue weighted by Crippen LogP contribution is -2.47. The maximum absolute atomic E-state index is 12.4. The van der Waals surface area contributed by atoms with E-state index in [4.69, 9.17) is 9.47 Å². The molecule has 1 unspecified atom stereocenters. The van der Waals surface area contributed by atoms with E-state index < -0.39 is 0 Å². The predicted molar refractivity (Wildman–Crippen MR) is 105 cm³/mol. The summed E-state index contributed by atoms with van der Waals surface area (Å²) >= 11 is 0. The molecule has 0 spiro atoms. The van der Waals surface area contributed by atoms with E-state index in [-0.39, 0.29) is 11.9 Å². The van der Waals surface area contributed by atoms with Crippen LogP contribution in [0.2, 0.25) is 0 Å². The first kappa shape index (κ1) is 18.1. The average Bonchev–Trinajstić information content (AvgIpc) is 3.09. The molecule has 2 aromatic rings. The molecular weight excluding hydrogens is 340 g/mol. The molecule has 1 aromatic heterocycles. The first-order valence-electron chi connectivity index (χ1n) is 9.82. The van der Waals surface area contributed by atoms with E-state index in [1.807, 2.05) is 0 Å². The minimum absolute atomic E-state index is 0.140. The third-order valence-corrected chi connectivity index (χ3v) is 6.37. The monoisotopic (exact) mass is 368 g/mol. The number of rotatable bonds is 4. The van der Waals surface area contributed by atoms with Gasteiger partial charge in [-0.2, -0.15) is 0 Å². The summed E-state index contributed by atoms with van der Waals surface area (Å²) in [5.41, 5.74) is 4.63. The molecule has 144 valence electrons. The van der Waals surface area contributed by atoms with Crippen LogP contribution < -0.4 is 0 Å². The summed E-state index contributed by atoms with van der Waals surface area (Å²) in [5, 5.41) is 1.34. The minimum Gasteiger partial charge on any atom is -0.504 e. The highest BCUT2D eigenvalue weighted by molar-refractivity contribution is 5.89. The Hall–Kier alpha value is -2.27. The number of carbonyl (C=O) groups excluding carboxylic acids is 1. The smallest absolute Gasteiger partial charge is 0.337 e. The Bertz CT molecular complexity index is 870. The van der Waals surface area contributed by atoms with Crippen LogP contribution in [0.3, 0.4) is 0 Å². The molecule has 3 atom stereocenters. The van der Waals surface area contributed by atoms with E-state index in [0.717, 1.165) is 32.4 Å². The maximum atomic E-state index is 12.4. The summed E-state index contributed by atoms with van der Waals surface area (Å²) in [6.45, 7) is 4.28. The largest absolute Gasteiger partial charge is 0.504 e. The molecule has 5 nitrogen and oxygen atoms in total. The van der Waals surface area contributed by atoms with Gasteiger partial charge < -0.3 is 14.5 Å². The van der Waals surface area contributed by atoms with Crippen LogP contribution in [0.5, 0.6) is 0 Å². The quantitative estimate of drug-likeness (QED) is 0.506. The molecule has 0 amide bonds. The highest BCUT2D eigenvalue weighted by Crippen LogP contribution is 2.45. The number of benzene rings is 1. The Labute approximate surface area is 160 Å². The van der Waals surface area contributed by atoms with Crippen molar-refractivity contribution in [3.8, 4) is 0 Å². The van der Waals surface area contributed by atoms with Crippen molar-refractivity contribution >= 4 is 16.9 Å². The van der Waals surface area contributed by atoms with Crippen molar-refractivity contribution in [2.75, 3.05) is 27.3 Å². The van der Waals surface area contributed by atoms with E-state index in [1.165, 1.54) is 29.3 Å². The zero-order chi connectivity index (χ0) is 19.0. The topological polar surface area (TPSA) is 54.6 Å². The first-order valence-corrected chi connectivity index (χ1v) is 9.82. The van der Waals surface area contributed by atoms with Gasteiger partial charge in [0, 0.05) is 29.7 Å². The van der Waals surface area contributed by atoms with Gasteiger partial charge in [-0.25, -0.2) is 4.79 Å². The second-order valence-corrected chi connectivity index (χ2v) is 7.63. The molecule has 27 heavy (non-hydrogen) atoms. The fourth-order valence-corrected chi connectivity index (χ4v) is 5.04. The van der Waals surface area contributed by atoms with Crippen molar-refractivity contribution in [1.29, 1.82) is 0 Å². The van der Waals surface area contributed by atoms with E-state index in [2.05, 4.69) is 41.1 Å². The van der Waals surface area contributed by atoms with Gasteiger partial charge in [0.05, 0.1) is 32.1 Å². The third-order valence-electron chi connectivity index (χ3n) is 6.37. The molecule has 1 aromatic carbocycles. The zero-order valence-electron chi connectivity index (χ0n) is 16.3. The number of ether oxygens (including phenoxy) is 2. The van der Waals surface area contributed by atoms with Gasteiger partial charge in [-0.3, -0.25) is 4.90 Å². The van der Waals surface area contributed by atoms with Gasteiger partial charge in [0.25, 0.3) is 0 Å². The number of aromatic amines is 1. The standard InChI is InChI=1S/C22H28N2O3/c1-4-14-12-24-10-9-16-15-7-5-6-8-19(15)23-21(16)20(24)11-17(14)18(13-26-2)22(25)27-3/h5-8,13-14,17,20,23H,4,9-12H2,1-3H3/b18-13-/t14-,17-,20?/m1/s1. The Morgan fingerprint density at radius 3 is 2.89 bits per heavy atom. The molecule has 0 saturated carbocycles. The summed E-state index contributed by atoms with van der Waals surface area (Å²) in [5.74, 6) is 0.287. The van der Waals surface area contributed by atoms with Crippen molar-refractivity contribution in [2.24, 2.45) is 11.8 Å². The van der Waals surface area contributed by atoms with Crippen LogP contribution >= 0.6 is 0 Å². The molecule has 0 aliphatic carbocycles. The molecule has 1 fully saturated rings. The van der Waals surface area contributed by atoms with E-state index in [1.54, 1.807) is 13.4 Å². The summed E-state index contributed by atoms with van der Waals surface area (Å²) in [6.07, 6.45) is 4.60. The number of aromatic nitrogens is 1. The van der Waals surface area contributed by atoms with Crippen molar-refractivity contribution < 1.29 is 14.3 Å². The van der Waals surface area contributed by atoms with Crippen LogP contribution in [0.4, 0.5) is 0 Å². The van der Waals surface area contributed by atoms with Crippen molar-refractivity contribution in [3.05, 3.63) is 47.4 Å². The van der Waals surface area contributed by atoms with Gasteiger partial charge in [0.2, 0.25) is 0 Å². The molecule has 2 aliphatic rings. The SMILES string of the molecule is CC[C@@H]1CN2CCc3c([nH]c4ccccc34)C2C[C@H]1/C(=C/OC)C(=O)OC. The third kappa shape index (κ3) is 3.04. The molecule has 0 radical (unpaired) electrons. The fourth-order valence-electron chi connectivity index (χ4n) is 5.04. The van der Waals surface area contributed by atoms with Crippen LogP contribution in [0.25, 0.3) is 10.9 Å². The molecule has 4 rings (SSSR count). The lowest BCUT2D eigenvalue weighted by Gasteiger charge is -2.46. The molecular formula is C22H28N2O3. The molecule has 5 heteroatoms. The summed E-state index contributed by atoms with van der Waals surface area (Å²) in [4.78, 5) is 18.7. The Balaban J connectivity index is 1.73. The Kier molecular flexibility index (Phi) is 4.96. The van der Waals surface area contributed by atoms with Gasteiger partial charge in [-0.15, -0.1) is 0 Å². The van der Waals surface area contributed by atoms with Gasteiger partial charge in [0.1, 0.15) is 0 Å². The zero-order valence-corrected chi connectivity index (χ0v) is 16.3. The lowest BCUT2D eigenvalue weighted by molar-refractivity contribution is -0.137. The second-order valence-electron chi connectivity index (χ2n) is 7.63. The Morgan fingerprint density at radius 2 is 2.15 bits per heavy atom. The number of carbonyl (C=O) groups is 1. The number of para-hydroxylation sites is 1. The molecule has 2 aliphatic heterocycles. The normalized spacial score (nSPS) is 25.7. The van der Waals surface area contributed by atoms with Crippen molar-refractivity contribution in [1.82, 2.24) is 9.88 Å². The number of fused-ring (bicyclic) bond motifs is 5. The summed E-state index contributed by atoms with van der Waals surface area (Å²) in [7, 11) is 3.04. The average molecular weight is 368 g/mol. The lowest BCUT2D eigenvalue weighted by atomic mass is 9.74. The van der Waals surface area contributed by atoms with Crippen LogP contribution in [0.15, 0.2) is 36.1 Å². The summed E-state index contributed by atoms with van der Waals surface area (Å²) < 4.78 is 10.3. The molecule has 1 N–H and O–H groups in total. The number of methoxy groups -OCH3 is 2. The second kappa shape index (κ2) is 7.39.